The molecule has 120 valence electrons. The monoisotopic (exact) mass is 320 g/mol. The first-order chi connectivity index (χ1) is 11.9. The van der Waals surface area contributed by atoms with E-state index in [-0.39, 0.29) is 0 Å². The second kappa shape index (κ2) is 5.19. The van der Waals surface area contributed by atoms with Crippen LogP contribution >= 0.6 is 0 Å². The van der Waals surface area contributed by atoms with Gasteiger partial charge in [0.2, 0.25) is 0 Å². The Morgan fingerprint density at radius 2 is 2.08 bits per heavy atom. The number of nitrogens with zero attached hydrogens (tertiary/aromatic N) is 6. The fourth-order valence-electron chi connectivity index (χ4n) is 2.91. The molecule has 0 aromatic carbocycles. The lowest BCUT2D eigenvalue weighted by Crippen LogP contribution is -2.27. The molecule has 4 heterocycles. The third kappa shape index (κ3) is 2.32. The number of rotatable bonds is 4. The zero-order chi connectivity index (χ0) is 15.9. The fraction of sp³-hybridized carbons (Fsp3) is 0.250. The molecule has 0 spiro atoms. The molecular formula is C16H16N8. The van der Waals surface area contributed by atoms with Crippen LogP contribution in [0.3, 0.4) is 0 Å². The summed E-state index contributed by atoms with van der Waals surface area (Å²) < 4.78 is 2.03. The van der Waals surface area contributed by atoms with Gasteiger partial charge >= 0.3 is 0 Å². The maximum atomic E-state index is 4.44. The fourth-order valence-corrected chi connectivity index (χ4v) is 2.91. The Bertz CT molecular complexity index is 890. The molecule has 5 rings (SSSR count). The van der Waals surface area contributed by atoms with Gasteiger partial charge < -0.3 is 10.2 Å². The number of H-pyrrole nitrogens is 1. The number of anilines is 2. The van der Waals surface area contributed by atoms with E-state index < -0.39 is 0 Å². The number of imidazole rings is 1. The van der Waals surface area contributed by atoms with Gasteiger partial charge in [0.05, 0.1) is 24.6 Å². The number of hydrogen-bond acceptors (Lipinski definition) is 6. The molecule has 1 saturated carbocycles. The molecule has 8 nitrogen and oxygen atoms in total. The van der Waals surface area contributed by atoms with Gasteiger partial charge in [-0.05, 0) is 12.8 Å². The molecule has 0 radical (unpaired) electrons. The van der Waals surface area contributed by atoms with Gasteiger partial charge in [-0.15, -0.1) is 0 Å². The lowest BCUT2D eigenvalue weighted by Gasteiger charge is -2.27. The summed E-state index contributed by atoms with van der Waals surface area (Å²) in [6.45, 7) is 0.666. The van der Waals surface area contributed by atoms with Crippen LogP contribution in [0.1, 0.15) is 30.3 Å². The molecule has 3 aromatic heterocycles. The highest BCUT2D eigenvalue weighted by atomic mass is 15.3. The highest BCUT2D eigenvalue weighted by Crippen LogP contribution is 2.39. The molecule has 2 N–H and O–H groups in total. The highest BCUT2D eigenvalue weighted by molar-refractivity contribution is 5.67. The van der Waals surface area contributed by atoms with Crippen LogP contribution in [0.15, 0.2) is 43.4 Å². The maximum Gasteiger partial charge on any atom is 0.153 e. The molecule has 8 heteroatoms. The standard InChI is InChI=1S/C16H16N8/c1-2-11(1)13-5-14(22-21-13)20-16-9-23(12-6-17-10-18-7-12)8-15-19-3-4-24(15)16/h3-7,9-11H,1-2,8H2,(H2,20,21,22). The predicted octanol–water partition coefficient (Wildman–Crippen LogP) is 2.16. The van der Waals surface area contributed by atoms with Crippen molar-refractivity contribution in [2.75, 3.05) is 10.2 Å². The normalized spacial score (nSPS) is 16.7. The van der Waals surface area contributed by atoms with Crippen molar-refractivity contribution in [2.24, 2.45) is 0 Å². The average Bonchev–Trinajstić information content (AvgIpc) is 3.17. The average molecular weight is 320 g/mol. The van der Waals surface area contributed by atoms with E-state index in [4.69, 9.17) is 0 Å². The van der Waals surface area contributed by atoms with Gasteiger partial charge in [-0.2, -0.15) is 5.10 Å². The van der Waals surface area contributed by atoms with Crippen molar-refractivity contribution >= 4 is 17.3 Å². The van der Waals surface area contributed by atoms with Gasteiger partial charge in [-0.25, -0.2) is 15.0 Å². The van der Waals surface area contributed by atoms with Crippen LogP contribution in [0.4, 0.5) is 11.5 Å². The number of aromatic amines is 1. The maximum absolute atomic E-state index is 4.44. The van der Waals surface area contributed by atoms with Crippen molar-refractivity contribution in [2.45, 2.75) is 25.3 Å². The lowest BCUT2D eigenvalue weighted by molar-refractivity contribution is 0.802. The summed E-state index contributed by atoms with van der Waals surface area (Å²) in [6, 6.07) is 2.08. The van der Waals surface area contributed by atoms with E-state index in [2.05, 4.69) is 41.4 Å². The van der Waals surface area contributed by atoms with Crippen LogP contribution < -0.4 is 10.2 Å². The van der Waals surface area contributed by atoms with E-state index in [9.17, 15) is 0 Å². The number of nitrogens with one attached hydrogen (secondary N) is 2. The molecule has 1 aliphatic heterocycles. The predicted molar refractivity (Wildman–Crippen MR) is 88.9 cm³/mol. The summed E-state index contributed by atoms with van der Waals surface area (Å²) in [7, 11) is 0. The molecule has 0 atom stereocenters. The summed E-state index contributed by atoms with van der Waals surface area (Å²) in [6.07, 6.45) is 13.4. The third-order valence-electron chi connectivity index (χ3n) is 4.32. The molecule has 1 aliphatic carbocycles. The van der Waals surface area contributed by atoms with Gasteiger partial charge in [-0.3, -0.25) is 9.67 Å². The Balaban J connectivity index is 1.47. The Hall–Kier alpha value is -3.16. The van der Waals surface area contributed by atoms with Crippen LogP contribution in [-0.2, 0) is 6.54 Å². The zero-order valence-corrected chi connectivity index (χ0v) is 12.9. The van der Waals surface area contributed by atoms with E-state index in [0.717, 1.165) is 23.2 Å². The van der Waals surface area contributed by atoms with E-state index in [0.29, 0.717) is 12.5 Å². The topological polar surface area (TPSA) is 87.5 Å². The van der Waals surface area contributed by atoms with Crippen molar-refractivity contribution in [3.05, 3.63) is 54.9 Å². The van der Waals surface area contributed by atoms with Crippen molar-refractivity contribution in [1.29, 1.82) is 0 Å². The highest BCUT2D eigenvalue weighted by Gasteiger charge is 2.26. The van der Waals surface area contributed by atoms with Crippen molar-refractivity contribution in [3.63, 3.8) is 0 Å². The molecule has 1 fully saturated rings. The summed E-state index contributed by atoms with van der Waals surface area (Å²) in [5.74, 6) is 3.30. The molecule has 3 aromatic rings. The smallest absolute Gasteiger partial charge is 0.153 e. The van der Waals surface area contributed by atoms with Crippen LogP contribution in [0, 0.1) is 0 Å². The van der Waals surface area contributed by atoms with Crippen LogP contribution in [0.5, 0.6) is 0 Å². The Morgan fingerprint density at radius 1 is 1.21 bits per heavy atom. The summed E-state index contributed by atoms with van der Waals surface area (Å²) in [5.41, 5.74) is 2.12. The van der Waals surface area contributed by atoms with E-state index in [1.165, 1.54) is 24.9 Å². The Morgan fingerprint density at radius 3 is 2.92 bits per heavy atom. The SMILES string of the molecule is C1=C(Nc2cc(C3CC3)[nH]n2)n2ccnc2CN1c1cncnc1. The second-order valence-electron chi connectivity index (χ2n) is 6.06. The van der Waals surface area contributed by atoms with Gasteiger partial charge in [0.25, 0.3) is 0 Å². The molecule has 2 aliphatic rings. The van der Waals surface area contributed by atoms with Gasteiger partial charge in [-0.1, -0.05) is 0 Å². The molecule has 0 unspecified atom stereocenters. The second-order valence-corrected chi connectivity index (χ2v) is 6.06. The van der Waals surface area contributed by atoms with Gasteiger partial charge in [0.1, 0.15) is 18.0 Å². The van der Waals surface area contributed by atoms with E-state index in [1.54, 1.807) is 18.6 Å². The number of hydrogen-bond donors (Lipinski definition) is 2. The molecule has 24 heavy (non-hydrogen) atoms. The third-order valence-corrected chi connectivity index (χ3v) is 4.32. The number of fused-ring (bicyclic) bond motifs is 1. The molecule has 0 bridgehead atoms. The Labute approximate surface area is 138 Å². The van der Waals surface area contributed by atoms with Crippen molar-refractivity contribution in [1.82, 2.24) is 29.7 Å². The largest absolute Gasteiger partial charge is 0.334 e. The molecule has 0 amide bonds. The minimum absolute atomic E-state index is 0.648. The minimum Gasteiger partial charge on any atom is -0.334 e. The summed E-state index contributed by atoms with van der Waals surface area (Å²) in [4.78, 5) is 14.7. The first kappa shape index (κ1) is 13.3. The zero-order valence-electron chi connectivity index (χ0n) is 12.9. The Kier molecular flexibility index (Phi) is 2.87. The van der Waals surface area contributed by atoms with Crippen molar-refractivity contribution in [3.8, 4) is 0 Å². The quantitative estimate of drug-likeness (QED) is 0.766. The summed E-state index contributed by atoms with van der Waals surface area (Å²) >= 11 is 0. The molecule has 0 saturated heterocycles. The van der Waals surface area contributed by atoms with E-state index >= 15 is 0 Å². The van der Waals surface area contributed by atoms with Crippen LogP contribution in [0.2, 0.25) is 0 Å². The van der Waals surface area contributed by atoms with Crippen LogP contribution in [0.25, 0.3) is 5.82 Å². The summed E-state index contributed by atoms with van der Waals surface area (Å²) in [5, 5.41) is 10.9. The van der Waals surface area contributed by atoms with E-state index in [1.807, 2.05) is 17.0 Å². The van der Waals surface area contributed by atoms with Gasteiger partial charge in [0.15, 0.2) is 5.82 Å². The lowest BCUT2D eigenvalue weighted by atomic mass is 10.3. The minimum atomic E-state index is 0.648. The van der Waals surface area contributed by atoms with Gasteiger partial charge in [0, 0.05) is 36.3 Å². The molecular weight excluding hydrogens is 304 g/mol. The number of aromatic nitrogens is 6. The van der Waals surface area contributed by atoms with Crippen LogP contribution in [-0.4, -0.2) is 29.7 Å². The first-order valence-electron chi connectivity index (χ1n) is 7.95. The first-order valence-corrected chi connectivity index (χ1v) is 7.95. The van der Waals surface area contributed by atoms with Crippen molar-refractivity contribution < 1.29 is 0 Å².